The maximum atomic E-state index is 11.8. The second kappa shape index (κ2) is 5.63. The van der Waals surface area contributed by atoms with Crippen LogP contribution in [0, 0.1) is 6.92 Å². The van der Waals surface area contributed by atoms with Gasteiger partial charge in [-0.05, 0) is 25.0 Å². The number of aryl methyl sites for hydroxylation is 3. The summed E-state index contributed by atoms with van der Waals surface area (Å²) in [6.45, 7) is 2.07. The molecular formula is C15H18N2O. The van der Waals surface area contributed by atoms with Gasteiger partial charge in [-0.25, -0.2) is 0 Å². The first-order chi connectivity index (χ1) is 8.63. The lowest BCUT2D eigenvalue weighted by Crippen LogP contribution is -2.05. The van der Waals surface area contributed by atoms with Gasteiger partial charge in [-0.3, -0.25) is 9.48 Å². The summed E-state index contributed by atoms with van der Waals surface area (Å²) in [6.07, 6.45) is 3.70. The molecule has 1 heterocycles. The molecule has 0 unspecified atom stereocenters. The molecule has 1 aromatic heterocycles. The lowest BCUT2D eigenvalue weighted by molar-refractivity contribution is -0.118. The Kier molecular flexibility index (Phi) is 3.92. The molecule has 1 aromatic carbocycles. The van der Waals surface area contributed by atoms with E-state index in [1.54, 1.807) is 4.68 Å². The number of ketones is 1. The van der Waals surface area contributed by atoms with Crippen molar-refractivity contribution in [2.45, 2.75) is 26.2 Å². The summed E-state index contributed by atoms with van der Waals surface area (Å²) in [5, 5.41) is 4.21. The first-order valence-corrected chi connectivity index (χ1v) is 6.19. The highest BCUT2D eigenvalue weighted by Gasteiger charge is 2.06. The molecule has 0 fully saturated rings. The van der Waals surface area contributed by atoms with Gasteiger partial charge >= 0.3 is 0 Å². The molecule has 2 rings (SSSR count). The normalized spacial score (nSPS) is 10.6. The van der Waals surface area contributed by atoms with Crippen LogP contribution in [0.25, 0.3) is 0 Å². The minimum atomic E-state index is 0.245. The average Bonchev–Trinajstić information content (AvgIpc) is 2.74. The summed E-state index contributed by atoms with van der Waals surface area (Å²) in [5.41, 5.74) is 3.32. The van der Waals surface area contributed by atoms with Crippen LogP contribution in [0.5, 0.6) is 0 Å². The third-order valence-electron chi connectivity index (χ3n) is 2.96. The van der Waals surface area contributed by atoms with E-state index in [9.17, 15) is 4.79 Å². The predicted molar refractivity (Wildman–Crippen MR) is 71.4 cm³/mol. The molecule has 0 atom stereocenters. The fourth-order valence-electron chi connectivity index (χ4n) is 1.89. The van der Waals surface area contributed by atoms with E-state index in [2.05, 4.69) is 36.3 Å². The molecule has 0 saturated heterocycles. The first-order valence-electron chi connectivity index (χ1n) is 6.19. The standard InChI is InChI=1S/C15H18N2O/c1-12-3-5-13(6-4-12)7-8-15(18)11-14-9-10-17(2)16-14/h3-6,9-10H,7-8,11H2,1-2H3. The van der Waals surface area contributed by atoms with Crippen LogP contribution in [-0.2, 0) is 24.7 Å². The summed E-state index contributed by atoms with van der Waals surface area (Å²) in [7, 11) is 1.86. The van der Waals surface area contributed by atoms with Crippen molar-refractivity contribution in [3.05, 3.63) is 53.3 Å². The van der Waals surface area contributed by atoms with Crippen molar-refractivity contribution in [3.8, 4) is 0 Å². The quantitative estimate of drug-likeness (QED) is 0.807. The van der Waals surface area contributed by atoms with Crippen LogP contribution in [0.1, 0.15) is 23.2 Å². The summed E-state index contributed by atoms with van der Waals surface area (Å²) in [4.78, 5) is 11.8. The van der Waals surface area contributed by atoms with Crippen LogP contribution in [0.2, 0.25) is 0 Å². The van der Waals surface area contributed by atoms with E-state index in [1.807, 2.05) is 19.3 Å². The molecule has 94 valence electrons. The molecule has 0 amide bonds. The molecule has 0 aliphatic rings. The molecule has 0 aliphatic carbocycles. The van der Waals surface area contributed by atoms with E-state index in [4.69, 9.17) is 0 Å². The Labute approximate surface area is 107 Å². The number of carbonyl (C=O) groups excluding carboxylic acids is 1. The fourth-order valence-corrected chi connectivity index (χ4v) is 1.89. The van der Waals surface area contributed by atoms with Gasteiger partial charge in [-0.2, -0.15) is 5.10 Å². The van der Waals surface area contributed by atoms with Crippen molar-refractivity contribution < 1.29 is 4.79 Å². The minimum Gasteiger partial charge on any atom is -0.299 e. The van der Waals surface area contributed by atoms with Gasteiger partial charge in [-0.1, -0.05) is 29.8 Å². The van der Waals surface area contributed by atoms with Crippen LogP contribution in [0.15, 0.2) is 36.5 Å². The topological polar surface area (TPSA) is 34.9 Å². The zero-order valence-corrected chi connectivity index (χ0v) is 10.9. The maximum Gasteiger partial charge on any atom is 0.139 e. The fraction of sp³-hybridized carbons (Fsp3) is 0.333. The van der Waals surface area contributed by atoms with E-state index in [1.165, 1.54) is 11.1 Å². The van der Waals surface area contributed by atoms with Crippen molar-refractivity contribution in [2.75, 3.05) is 0 Å². The largest absolute Gasteiger partial charge is 0.299 e. The number of hydrogen-bond acceptors (Lipinski definition) is 2. The minimum absolute atomic E-state index is 0.245. The summed E-state index contributed by atoms with van der Waals surface area (Å²) < 4.78 is 1.72. The van der Waals surface area contributed by atoms with E-state index in [0.29, 0.717) is 12.8 Å². The van der Waals surface area contributed by atoms with Crippen LogP contribution >= 0.6 is 0 Å². The van der Waals surface area contributed by atoms with E-state index in [0.717, 1.165) is 12.1 Å². The monoisotopic (exact) mass is 242 g/mol. The number of rotatable bonds is 5. The zero-order chi connectivity index (χ0) is 13.0. The molecule has 0 N–H and O–H groups in total. The molecule has 0 spiro atoms. The average molecular weight is 242 g/mol. The Morgan fingerprint density at radius 2 is 1.94 bits per heavy atom. The number of aromatic nitrogens is 2. The van der Waals surface area contributed by atoms with Crippen molar-refractivity contribution >= 4 is 5.78 Å². The van der Waals surface area contributed by atoms with Crippen molar-refractivity contribution in [2.24, 2.45) is 7.05 Å². The van der Waals surface area contributed by atoms with Crippen molar-refractivity contribution in [1.82, 2.24) is 9.78 Å². The van der Waals surface area contributed by atoms with Crippen LogP contribution < -0.4 is 0 Å². The lowest BCUT2D eigenvalue weighted by Gasteiger charge is -2.01. The van der Waals surface area contributed by atoms with Crippen LogP contribution in [0.3, 0.4) is 0 Å². The Morgan fingerprint density at radius 1 is 1.22 bits per heavy atom. The highest BCUT2D eigenvalue weighted by molar-refractivity contribution is 5.80. The van der Waals surface area contributed by atoms with Crippen LogP contribution in [-0.4, -0.2) is 15.6 Å². The molecule has 0 saturated carbocycles. The molecule has 2 aromatic rings. The maximum absolute atomic E-state index is 11.8. The third-order valence-corrected chi connectivity index (χ3v) is 2.96. The van der Waals surface area contributed by atoms with Crippen molar-refractivity contribution in [1.29, 1.82) is 0 Å². The third kappa shape index (κ3) is 3.55. The summed E-state index contributed by atoms with van der Waals surface area (Å²) in [5.74, 6) is 0.245. The predicted octanol–water partition coefficient (Wildman–Crippen LogP) is 2.47. The Balaban J connectivity index is 1.83. The van der Waals surface area contributed by atoms with E-state index >= 15 is 0 Å². The van der Waals surface area contributed by atoms with Gasteiger partial charge < -0.3 is 0 Å². The SMILES string of the molecule is Cc1ccc(CCC(=O)Cc2ccn(C)n2)cc1. The smallest absolute Gasteiger partial charge is 0.139 e. The lowest BCUT2D eigenvalue weighted by atomic mass is 10.0. The number of carbonyl (C=O) groups is 1. The number of nitrogens with zero attached hydrogens (tertiary/aromatic N) is 2. The van der Waals surface area contributed by atoms with Gasteiger partial charge in [0.15, 0.2) is 0 Å². The highest BCUT2D eigenvalue weighted by Crippen LogP contribution is 2.07. The van der Waals surface area contributed by atoms with Crippen molar-refractivity contribution in [3.63, 3.8) is 0 Å². The molecule has 3 nitrogen and oxygen atoms in total. The first kappa shape index (κ1) is 12.6. The Bertz CT molecular complexity index is 526. The van der Waals surface area contributed by atoms with Gasteiger partial charge in [0, 0.05) is 19.7 Å². The van der Waals surface area contributed by atoms with Gasteiger partial charge in [0.2, 0.25) is 0 Å². The Hall–Kier alpha value is -1.90. The molecular weight excluding hydrogens is 224 g/mol. The number of Topliss-reactive ketones (excluding diaryl/α,β-unsaturated/α-hetero) is 1. The van der Waals surface area contributed by atoms with Gasteiger partial charge in [0.25, 0.3) is 0 Å². The summed E-state index contributed by atoms with van der Waals surface area (Å²) >= 11 is 0. The number of benzene rings is 1. The zero-order valence-electron chi connectivity index (χ0n) is 10.9. The van der Waals surface area contributed by atoms with Gasteiger partial charge in [-0.15, -0.1) is 0 Å². The van der Waals surface area contributed by atoms with Crippen LogP contribution in [0.4, 0.5) is 0 Å². The molecule has 0 radical (unpaired) electrons. The second-order valence-electron chi connectivity index (χ2n) is 4.68. The van der Waals surface area contributed by atoms with Gasteiger partial charge in [0.05, 0.1) is 12.1 Å². The molecule has 0 aliphatic heterocycles. The second-order valence-corrected chi connectivity index (χ2v) is 4.68. The van der Waals surface area contributed by atoms with Gasteiger partial charge in [0.1, 0.15) is 5.78 Å². The molecule has 3 heteroatoms. The molecule has 18 heavy (non-hydrogen) atoms. The molecule has 0 bridgehead atoms. The number of hydrogen-bond donors (Lipinski definition) is 0. The highest BCUT2D eigenvalue weighted by atomic mass is 16.1. The summed E-state index contributed by atoms with van der Waals surface area (Å²) in [6, 6.07) is 10.2. The van der Waals surface area contributed by atoms with E-state index < -0.39 is 0 Å². The van der Waals surface area contributed by atoms with E-state index in [-0.39, 0.29) is 5.78 Å². The Morgan fingerprint density at radius 3 is 2.56 bits per heavy atom.